The van der Waals surface area contributed by atoms with E-state index in [9.17, 15) is 4.39 Å². The van der Waals surface area contributed by atoms with Crippen molar-refractivity contribution in [3.63, 3.8) is 0 Å². The van der Waals surface area contributed by atoms with Crippen LogP contribution in [0.1, 0.15) is 0 Å². The molecule has 7 nitrogen and oxygen atoms in total. The van der Waals surface area contributed by atoms with Gasteiger partial charge < -0.3 is 19.5 Å². The number of hydrogen-bond acceptors (Lipinski definition) is 6. The summed E-state index contributed by atoms with van der Waals surface area (Å²) in [6.07, 6.45) is 3.45. The van der Waals surface area contributed by atoms with Crippen molar-refractivity contribution in [2.45, 2.75) is 0 Å². The van der Waals surface area contributed by atoms with Gasteiger partial charge in [0.15, 0.2) is 11.5 Å². The highest BCUT2D eigenvalue weighted by molar-refractivity contribution is 5.82. The van der Waals surface area contributed by atoms with Gasteiger partial charge in [-0.05, 0) is 30.3 Å². The van der Waals surface area contributed by atoms with Crippen LogP contribution in [0.4, 0.5) is 15.9 Å². The van der Waals surface area contributed by atoms with Gasteiger partial charge in [0.1, 0.15) is 36.3 Å². The minimum Gasteiger partial charge on any atom is -0.496 e. The first kappa shape index (κ1) is 17.3. The smallest absolute Gasteiger partial charge is 0.235 e. The number of halogens is 1. The number of benzene rings is 2. The number of rotatable bonds is 4. The second kappa shape index (κ2) is 6.97. The summed E-state index contributed by atoms with van der Waals surface area (Å²) in [4.78, 5) is 8.84. The third-order valence-corrected chi connectivity index (χ3v) is 4.64. The number of nitrogens with one attached hydrogen (secondary N) is 1. The molecule has 29 heavy (non-hydrogen) atoms. The molecule has 1 aliphatic heterocycles. The molecule has 0 saturated heterocycles. The van der Waals surface area contributed by atoms with Gasteiger partial charge in [-0.25, -0.2) is 14.4 Å². The van der Waals surface area contributed by atoms with Gasteiger partial charge in [-0.15, -0.1) is 0 Å². The minimum absolute atomic E-state index is 0.264. The first-order valence-electron chi connectivity index (χ1n) is 9.07. The van der Waals surface area contributed by atoms with Gasteiger partial charge in [-0.2, -0.15) is 0 Å². The molecule has 8 heteroatoms. The Labute approximate surface area is 165 Å². The van der Waals surface area contributed by atoms with Gasteiger partial charge in [0.05, 0.1) is 12.7 Å². The predicted octanol–water partition coefficient (Wildman–Crippen LogP) is 4.06. The number of nitrogens with zero attached hydrogens (tertiary/aromatic N) is 3. The SMILES string of the molecule is COc1cccc(F)c1-c1nc2ncccn2c1Nc1ccc2c(c1)OCCO2. The van der Waals surface area contributed by atoms with E-state index in [-0.39, 0.29) is 5.56 Å². The Morgan fingerprint density at radius 3 is 2.83 bits per heavy atom. The summed E-state index contributed by atoms with van der Waals surface area (Å²) in [6.45, 7) is 1.02. The lowest BCUT2D eigenvalue weighted by molar-refractivity contribution is 0.171. The van der Waals surface area contributed by atoms with E-state index in [1.165, 1.54) is 13.2 Å². The summed E-state index contributed by atoms with van der Waals surface area (Å²) in [5, 5.41) is 3.33. The number of imidazole rings is 1. The molecule has 2 aromatic heterocycles. The van der Waals surface area contributed by atoms with Crippen molar-refractivity contribution in [3.05, 3.63) is 60.7 Å². The number of anilines is 2. The molecule has 0 saturated carbocycles. The standard InChI is InChI=1S/C21H17FN4O3/c1-27-16-5-2-4-14(22)18(16)19-20(26-9-3-8-23-21(26)25-19)24-13-6-7-15-17(12-13)29-11-10-28-15/h2-9,12,24H,10-11H2,1H3. The van der Waals surface area contributed by atoms with Gasteiger partial charge in [-0.1, -0.05) is 6.07 Å². The van der Waals surface area contributed by atoms with Crippen LogP contribution >= 0.6 is 0 Å². The van der Waals surface area contributed by atoms with Crippen LogP contribution in [0, 0.1) is 5.82 Å². The van der Waals surface area contributed by atoms with E-state index in [1.807, 2.05) is 24.4 Å². The zero-order valence-corrected chi connectivity index (χ0v) is 15.6. The molecule has 0 amide bonds. The van der Waals surface area contributed by atoms with Crippen LogP contribution in [0.25, 0.3) is 17.0 Å². The first-order chi connectivity index (χ1) is 14.2. The van der Waals surface area contributed by atoms with Crippen LogP contribution in [-0.4, -0.2) is 34.7 Å². The molecule has 0 atom stereocenters. The van der Waals surface area contributed by atoms with Crippen LogP contribution in [0.5, 0.6) is 17.2 Å². The molecule has 0 fully saturated rings. The summed E-state index contributed by atoms with van der Waals surface area (Å²) in [7, 11) is 1.50. The van der Waals surface area contributed by atoms with Crippen LogP contribution in [0.15, 0.2) is 54.9 Å². The Hall–Kier alpha value is -3.81. The van der Waals surface area contributed by atoms with E-state index in [0.29, 0.717) is 47.8 Å². The molecule has 146 valence electrons. The molecule has 3 heterocycles. The van der Waals surface area contributed by atoms with Crippen molar-refractivity contribution in [2.75, 3.05) is 25.6 Å². The summed E-state index contributed by atoms with van der Waals surface area (Å²) in [5.74, 6) is 2.30. The Morgan fingerprint density at radius 2 is 1.97 bits per heavy atom. The maximum Gasteiger partial charge on any atom is 0.235 e. The van der Waals surface area contributed by atoms with Crippen LogP contribution < -0.4 is 19.5 Å². The van der Waals surface area contributed by atoms with Gasteiger partial charge in [-0.3, -0.25) is 4.40 Å². The number of ether oxygens (including phenoxy) is 3. The zero-order chi connectivity index (χ0) is 19.8. The van der Waals surface area contributed by atoms with Crippen LogP contribution in [0.3, 0.4) is 0 Å². The number of hydrogen-bond donors (Lipinski definition) is 1. The average Bonchev–Trinajstić information content (AvgIpc) is 3.11. The molecule has 4 aromatic rings. The Balaban J connectivity index is 1.67. The van der Waals surface area contributed by atoms with Crippen molar-refractivity contribution in [3.8, 4) is 28.5 Å². The van der Waals surface area contributed by atoms with Gasteiger partial charge in [0, 0.05) is 24.1 Å². The van der Waals surface area contributed by atoms with Crippen molar-refractivity contribution >= 4 is 17.3 Å². The normalized spacial score (nSPS) is 12.8. The lowest BCUT2D eigenvalue weighted by Crippen LogP contribution is -2.15. The predicted molar refractivity (Wildman–Crippen MR) is 106 cm³/mol. The molecule has 0 aliphatic carbocycles. The quantitative estimate of drug-likeness (QED) is 0.565. The monoisotopic (exact) mass is 392 g/mol. The summed E-state index contributed by atoms with van der Waals surface area (Å²) in [5.41, 5.74) is 1.41. The maximum atomic E-state index is 14.8. The molecular weight excluding hydrogens is 375 g/mol. The third kappa shape index (κ3) is 2.98. The molecule has 1 aliphatic rings. The second-order valence-electron chi connectivity index (χ2n) is 6.40. The van der Waals surface area contributed by atoms with E-state index in [2.05, 4.69) is 15.3 Å². The van der Waals surface area contributed by atoms with E-state index >= 15 is 0 Å². The highest BCUT2D eigenvalue weighted by Gasteiger charge is 2.22. The van der Waals surface area contributed by atoms with Crippen molar-refractivity contribution in [2.24, 2.45) is 0 Å². The molecule has 0 bridgehead atoms. The Kier molecular flexibility index (Phi) is 4.16. The van der Waals surface area contributed by atoms with Crippen molar-refractivity contribution < 1.29 is 18.6 Å². The van der Waals surface area contributed by atoms with Crippen molar-refractivity contribution in [1.29, 1.82) is 0 Å². The zero-order valence-electron chi connectivity index (χ0n) is 15.6. The second-order valence-corrected chi connectivity index (χ2v) is 6.40. The number of fused-ring (bicyclic) bond motifs is 2. The maximum absolute atomic E-state index is 14.8. The highest BCUT2D eigenvalue weighted by Crippen LogP contribution is 2.39. The van der Waals surface area contributed by atoms with E-state index in [1.54, 1.807) is 28.8 Å². The summed E-state index contributed by atoms with van der Waals surface area (Å²) >= 11 is 0. The summed E-state index contributed by atoms with van der Waals surface area (Å²) < 4.78 is 33.2. The van der Waals surface area contributed by atoms with Crippen molar-refractivity contribution in [1.82, 2.24) is 14.4 Å². The fourth-order valence-corrected chi connectivity index (χ4v) is 3.34. The Bertz CT molecular complexity index is 1210. The van der Waals surface area contributed by atoms with Gasteiger partial charge in [0.2, 0.25) is 5.78 Å². The molecular formula is C21H17FN4O3. The molecule has 0 radical (unpaired) electrons. The van der Waals surface area contributed by atoms with Crippen LogP contribution in [0.2, 0.25) is 0 Å². The van der Waals surface area contributed by atoms with Gasteiger partial charge >= 0.3 is 0 Å². The molecule has 2 aromatic carbocycles. The fourth-order valence-electron chi connectivity index (χ4n) is 3.34. The minimum atomic E-state index is -0.432. The topological polar surface area (TPSA) is 69.9 Å². The molecule has 1 N–H and O–H groups in total. The fraction of sp³-hybridized carbons (Fsp3) is 0.143. The number of aromatic nitrogens is 3. The van der Waals surface area contributed by atoms with E-state index in [4.69, 9.17) is 14.2 Å². The third-order valence-electron chi connectivity index (χ3n) is 4.64. The van der Waals surface area contributed by atoms with Gasteiger partial charge in [0.25, 0.3) is 0 Å². The summed E-state index contributed by atoms with van der Waals surface area (Å²) in [6, 6.07) is 12.0. The number of methoxy groups -OCH3 is 1. The van der Waals surface area contributed by atoms with Crippen LogP contribution in [-0.2, 0) is 0 Å². The highest BCUT2D eigenvalue weighted by atomic mass is 19.1. The van der Waals surface area contributed by atoms with E-state index < -0.39 is 5.82 Å². The average molecular weight is 392 g/mol. The first-order valence-corrected chi connectivity index (χ1v) is 9.07. The van der Waals surface area contributed by atoms with E-state index in [0.717, 1.165) is 5.69 Å². The molecule has 0 unspecified atom stereocenters. The largest absolute Gasteiger partial charge is 0.496 e. The molecule has 0 spiro atoms. The lowest BCUT2D eigenvalue weighted by atomic mass is 10.1. The molecule has 5 rings (SSSR count). The Morgan fingerprint density at radius 1 is 1.10 bits per heavy atom. The lowest BCUT2D eigenvalue weighted by Gasteiger charge is -2.19.